The molecule has 2 atom stereocenters. The number of hydrogen-bond acceptors (Lipinski definition) is 10. The minimum atomic E-state index is -0.535. The van der Waals surface area contributed by atoms with Crippen LogP contribution in [0.1, 0.15) is 44.1 Å². The van der Waals surface area contributed by atoms with Gasteiger partial charge in [0, 0.05) is 49.4 Å². The molecule has 2 aromatic carbocycles. The lowest BCUT2D eigenvalue weighted by atomic mass is 10.1. The first-order chi connectivity index (χ1) is 24.1. The number of anilines is 2. The molecular formula is C34H34Cl2F2N6O6. The van der Waals surface area contributed by atoms with Crippen LogP contribution in [0.5, 0.6) is 11.8 Å². The molecule has 2 aromatic heterocycles. The van der Waals surface area contributed by atoms with Crippen molar-refractivity contribution < 1.29 is 37.3 Å². The summed E-state index contributed by atoms with van der Waals surface area (Å²) in [5.74, 6) is -1.68. The first-order valence-electron chi connectivity index (χ1n) is 15.4. The molecule has 4 N–H and O–H groups in total. The van der Waals surface area contributed by atoms with Gasteiger partial charge in [-0.25, -0.2) is 18.7 Å². The molecule has 2 amide bonds. The molecule has 2 fully saturated rings. The molecule has 0 unspecified atom stereocenters. The Labute approximate surface area is 296 Å². The maximum absolute atomic E-state index is 14.4. The number of carbonyl (C=O) groups excluding carboxylic acids is 2. The van der Waals surface area contributed by atoms with E-state index in [0.717, 1.165) is 24.2 Å². The fraction of sp³-hybridized carbons (Fsp3) is 0.294. The summed E-state index contributed by atoms with van der Waals surface area (Å²) in [5, 5.41) is 11.7. The van der Waals surface area contributed by atoms with Gasteiger partial charge in [-0.1, -0.05) is 35.3 Å². The monoisotopic (exact) mass is 730 g/mol. The molecule has 6 rings (SSSR count). The average Bonchev–Trinajstić information content (AvgIpc) is 3.13. The van der Waals surface area contributed by atoms with Crippen LogP contribution in [-0.2, 0) is 9.47 Å². The van der Waals surface area contributed by atoms with Crippen LogP contribution in [0, 0.1) is 11.6 Å². The van der Waals surface area contributed by atoms with Crippen molar-refractivity contribution in [1.82, 2.24) is 20.6 Å². The van der Waals surface area contributed by atoms with Gasteiger partial charge in [-0.2, -0.15) is 0 Å². The molecule has 12 nitrogen and oxygen atoms in total. The number of methoxy groups -OCH3 is 2. The van der Waals surface area contributed by atoms with Gasteiger partial charge in [0.15, 0.2) is 0 Å². The highest BCUT2D eigenvalue weighted by atomic mass is 35.5. The summed E-state index contributed by atoms with van der Waals surface area (Å²) < 4.78 is 49.8. The Morgan fingerprint density at radius 2 is 1.14 bits per heavy atom. The van der Waals surface area contributed by atoms with Crippen LogP contribution < -0.4 is 30.7 Å². The zero-order valence-corrected chi connectivity index (χ0v) is 28.5. The number of benzene rings is 2. The number of hydrogen-bond donors (Lipinski definition) is 4. The van der Waals surface area contributed by atoms with E-state index in [4.69, 9.17) is 42.1 Å². The average molecular weight is 732 g/mol. The lowest BCUT2D eigenvalue weighted by Crippen LogP contribution is -2.33. The number of nitrogens with zero attached hydrogens (tertiary/aromatic N) is 2. The predicted molar refractivity (Wildman–Crippen MR) is 183 cm³/mol. The second-order valence-corrected chi connectivity index (χ2v) is 11.7. The van der Waals surface area contributed by atoms with E-state index in [9.17, 15) is 18.4 Å². The number of halogens is 4. The molecular weight excluding hydrogens is 697 g/mol. The van der Waals surface area contributed by atoms with E-state index in [1.807, 2.05) is 0 Å². The number of nitrogens with one attached hydrogen (secondary N) is 4. The lowest BCUT2D eigenvalue weighted by molar-refractivity contribution is 0.0275. The highest BCUT2D eigenvalue weighted by Gasteiger charge is 2.20. The highest BCUT2D eigenvalue weighted by Crippen LogP contribution is 2.26. The van der Waals surface area contributed by atoms with E-state index in [-0.39, 0.29) is 56.8 Å². The summed E-state index contributed by atoms with van der Waals surface area (Å²) in [6.07, 6.45) is -0.396. The summed E-state index contributed by atoms with van der Waals surface area (Å²) in [7, 11) is 2.84. The Morgan fingerprint density at radius 3 is 1.48 bits per heavy atom. The van der Waals surface area contributed by atoms with Crippen molar-refractivity contribution in [3.8, 4) is 11.8 Å². The number of carbonyl (C=O) groups is 2. The Bertz CT molecular complexity index is 1690. The minimum Gasteiger partial charge on any atom is -0.481 e. The summed E-state index contributed by atoms with van der Waals surface area (Å²) in [4.78, 5) is 32.4. The second kappa shape index (κ2) is 17.5. The molecule has 0 aliphatic carbocycles. The number of aromatic nitrogens is 2. The fourth-order valence-electron chi connectivity index (χ4n) is 5.03. The topological polar surface area (TPSA) is 145 Å². The van der Waals surface area contributed by atoms with Gasteiger partial charge in [-0.3, -0.25) is 9.59 Å². The van der Waals surface area contributed by atoms with Gasteiger partial charge in [-0.15, -0.1) is 0 Å². The Balaban J connectivity index is 0.000000194. The minimum absolute atomic E-state index is 0.0735. The number of rotatable bonds is 8. The maximum atomic E-state index is 14.4. The Hall–Kier alpha value is -4.44. The third-order valence-corrected chi connectivity index (χ3v) is 7.95. The maximum Gasteiger partial charge on any atom is 0.256 e. The summed E-state index contributed by atoms with van der Waals surface area (Å²) >= 11 is 11.7. The molecule has 4 aromatic rings. The molecule has 2 aliphatic rings. The summed E-state index contributed by atoms with van der Waals surface area (Å²) in [6.45, 7) is 3.97. The molecule has 264 valence electrons. The molecule has 4 heterocycles. The van der Waals surface area contributed by atoms with Gasteiger partial charge in [0.25, 0.3) is 11.8 Å². The number of amides is 2. The molecule has 0 radical (unpaired) electrons. The van der Waals surface area contributed by atoms with Crippen LogP contribution in [0.2, 0.25) is 10.3 Å². The van der Waals surface area contributed by atoms with Crippen molar-refractivity contribution in [3.63, 3.8) is 0 Å². The molecule has 2 aliphatic heterocycles. The van der Waals surface area contributed by atoms with Crippen molar-refractivity contribution in [3.05, 3.63) is 105 Å². The van der Waals surface area contributed by atoms with Crippen LogP contribution in [0.15, 0.2) is 60.7 Å². The van der Waals surface area contributed by atoms with Crippen molar-refractivity contribution in [2.75, 3.05) is 64.2 Å². The lowest BCUT2D eigenvalue weighted by Gasteiger charge is -2.24. The fourth-order valence-corrected chi connectivity index (χ4v) is 5.43. The smallest absolute Gasteiger partial charge is 0.256 e. The third-order valence-electron chi connectivity index (χ3n) is 7.57. The molecule has 2 saturated heterocycles. The number of ether oxygens (including phenoxy) is 4. The number of pyridine rings is 2. The second-order valence-electron chi connectivity index (χ2n) is 11.0. The normalized spacial score (nSPS) is 17.2. The van der Waals surface area contributed by atoms with Crippen molar-refractivity contribution in [2.24, 2.45) is 0 Å². The first kappa shape index (κ1) is 36.8. The van der Waals surface area contributed by atoms with E-state index >= 15 is 0 Å². The quantitative estimate of drug-likeness (QED) is 0.169. The van der Waals surface area contributed by atoms with Gasteiger partial charge in [0.2, 0.25) is 11.8 Å². The number of morpholine rings is 2. The van der Waals surface area contributed by atoms with Gasteiger partial charge < -0.3 is 40.2 Å². The highest BCUT2D eigenvalue weighted by molar-refractivity contribution is 6.30. The van der Waals surface area contributed by atoms with Crippen LogP contribution >= 0.6 is 23.2 Å². The van der Waals surface area contributed by atoms with Crippen molar-refractivity contribution in [1.29, 1.82) is 0 Å². The molecule has 0 bridgehead atoms. The van der Waals surface area contributed by atoms with Crippen molar-refractivity contribution >= 4 is 46.4 Å². The van der Waals surface area contributed by atoms with Gasteiger partial charge >= 0.3 is 0 Å². The van der Waals surface area contributed by atoms with Crippen LogP contribution in [0.4, 0.5) is 20.2 Å². The third kappa shape index (κ3) is 9.84. The Morgan fingerprint density at radius 1 is 0.720 bits per heavy atom. The largest absolute Gasteiger partial charge is 0.481 e. The Kier molecular flexibility index (Phi) is 12.9. The molecule has 50 heavy (non-hydrogen) atoms. The summed E-state index contributed by atoms with van der Waals surface area (Å²) in [5.41, 5.74) is 2.03. The van der Waals surface area contributed by atoms with Crippen molar-refractivity contribution in [2.45, 2.75) is 12.2 Å². The van der Waals surface area contributed by atoms with E-state index in [2.05, 4.69) is 31.2 Å². The molecule has 16 heteroatoms. The van der Waals surface area contributed by atoms with E-state index < -0.39 is 23.4 Å². The van der Waals surface area contributed by atoms with Crippen LogP contribution in [0.25, 0.3) is 0 Å². The first-order valence-corrected chi connectivity index (χ1v) is 16.2. The summed E-state index contributed by atoms with van der Waals surface area (Å²) in [6, 6.07) is 14.8. The van der Waals surface area contributed by atoms with Crippen LogP contribution in [0.3, 0.4) is 0 Å². The van der Waals surface area contributed by atoms with Gasteiger partial charge in [0.1, 0.15) is 21.9 Å². The zero-order chi connectivity index (χ0) is 35.6. The van der Waals surface area contributed by atoms with E-state index in [1.165, 1.54) is 62.8 Å². The van der Waals surface area contributed by atoms with Crippen LogP contribution in [-0.4, -0.2) is 75.4 Å². The SMILES string of the molecule is COc1cc(C(=O)Nc2ccc([C@@H]3CNCCO3)cc2F)cc(Cl)n1.COc1cc(C(=O)Nc2ccc([C@H]3CNCCO3)cc2F)cc(Cl)n1. The van der Waals surface area contributed by atoms with Gasteiger partial charge in [-0.05, 0) is 47.5 Å². The van der Waals surface area contributed by atoms with Gasteiger partial charge in [0.05, 0.1) is 51.0 Å². The molecule has 0 spiro atoms. The van der Waals surface area contributed by atoms with E-state index in [0.29, 0.717) is 26.3 Å². The zero-order valence-electron chi connectivity index (χ0n) is 27.0. The standard InChI is InChI=1S/2C17H17ClFN3O3/c2*1-24-16-8-11(7-15(18)22-16)17(23)21-13-3-2-10(6-12(13)19)14-9-20-4-5-25-14/h2*2-3,6-8,14,20H,4-5,9H2,1H3,(H,21,23)/t2*14-/m10/s1. The van der Waals surface area contributed by atoms with E-state index in [1.54, 1.807) is 12.1 Å². The molecule has 0 saturated carbocycles. The predicted octanol–water partition coefficient (Wildman–Crippen LogP) is 5.59.